The van der Waals surface area contributed by atoms with Crippen molar-refractivity contribution in [2.45, 2.75) is 154 Å². The van der Waals surface area contributed by atoms with Crippen LogP contribution in [0.4, 0.5) is 0 Å². The molecule has 0 bridgehead atoms. The van der Waals surface area contributed by atoms with Crippen LogP contribution in [0.2, 0.25) is 0 Å². The summed E-state index contributed by atoms with van der Waals surface area (Å²) in [5.41, 5.74) is 5.32. The van der Waals surface area contributed by atoms with Gasteiger partial charge in [-0.3, -0.25) is 23.4 Å². The fraction of sp³-hybridized carbons (Fsp3) is 0.614. The molecule has 11 nitrogen and oxygen atoms in total. The van der Waals surface area contributed by atoms with Gasteiger partial charge in [-0.15, -0.1) is 0 Å². The van der Waals surface area contributed by atoms with Crippen LogP contribution in [-0.4, -0.2) is 59.9 Å². The molecule has 3 atom stereocenters. The summed E-state index contributed by atoms with van der Waals surface area (Å²) in [6, 6.07) is -1.54. The molecule has 0 amide bonds. The maximum atomic E-state index is 12.6. The zero-order valence-corrected chi connectivity index (χ0v) is 35.1. The molecule has 0 radical (unpaired) electrons. The van der Waals surface area contributed by atoms with E-state index in [2.05, 4.69) is 103 Å². The Balaban J connectivity index is 4.53. The van der Waals surface area contributed by atoms with E-state index in [1.807, 2.05) is 0 Å². The minimum Gasteiger partial charge on any atom is -0.480 e. The largest absolute Gasteiger partial charge is 0.480 e. The van der Waals surface area contributed by atoms with E-state index in [9.17, 15) is 23.8 Å². The first kappa shape index (κ1) is 52.7. The lowest BCUT2D eigenvalue weighted by molar-refractivity contribution is -0.161. The third-order valence-corrected chi connectivity index (χ3v) is 9.08. The van der Waals surface area contributed by atoms with E-state index in [1.54, 1.807) is 0 Å². The summed E-state index contributed by atoms with van der Waals surface area (Å²) < 4.78 is 32.6. The van der Waals surface area contributed by atoms with E-state index in [-0.39, 0.29) is 19.4 Å². The third kappa shape index (κ3) is 37.6. The number of carbonyl (C=O) groups is 3. The normalized spacial score (nSPS) is 14.6. The van der Waals surface area contributed by atoms with Crippen molar-refractivity contribution < 1.29 is 47.5 Å². The number of esters is 2. The molecular weight excluding hydrogens is 733 g/mol. The number of carboxylic acids is 1. The molecule has 0 fully saturated rings. The van der Waals surface area contributed by atoms with Gasteiger partial charge in [0.15, 0.2) is 6.10 Å². The van der Waals surface area contributed by atoms with Gasteiger partial charge in [0.25, 0.3) is 0 Å². The predicted octanol–water partition coefficient (Wildman–Crippen LogP) is 10.7. The standard InChI is InChI=1S/C44H72NO10P/c1-3-5-7-9-11-13-15-17-19-20-22-23-25-27-29-31-33-35-42(46)52-37-40(38-53-56(50,51)54-39-41(45)44(48)49)55-43(47)36-34-32-30-28-26-24-21-18-16-14-12-10-8-6-4-2/h6,8,11-14,17-19,21-23,26,28,40-41H,3-5,7,9-10,15-16,20,24-25,27,29-39,45H2,1-2H3,(H,48,49)(H,50,51)/b8-6-,13-11-,14-12-,19-17-,21-18-,23-22-,28-26-/t40-,41+/m1/s1. The molecule has 0 aromatic rings. The van der Waals surface area contributed by atoms with Crippen LogP contribution in [0.5, 0.6) is 0 Å². The highest BCUT2D eigenvalue weighted by Crippen LogP contribution is 2.43. The number of hydrogen-bond acceptors (Lipinski definition) is 9. The molecule has 318 valence electrons. The third-order valence-electron chi connectivity index (χ3n) is 8.13. The smallest absolute Gasteiger partial charge is 0.472 e. The second-order valence-electron chi connectivity index (χ2n) is 13.4. The Hall–Kier alpha value is -3.34. The van der Waals surface area contributed by atoms with Gasteiger partial charge in [0.05, 0.1) is 13.2 Å². The number of aliphatic carboxylic acids is 1. The molecular formula is C44H72NO10P. The van der Waals surface area contributed by atoms with E-state index < -0.39 is 51.1 Å². The molecule has 12 heteroatoms. The lowest BCUT2D eigenvalue weighted by Gasteiger charge is -2.20. The van der Waals surface area contributed by atoms with Gasteiger partial charge in [0, 0.05) is 12.8 Å². The number of hydrogen-bond donors (Lipinski definition) is 3. The van der Waals surface area contributed by atoms with E-state index >= 15 is 0 Å². The lowest BCUT2D eigenvalue weighted by Crippen LogP contribution is -2.34. The van der Waals surface area contributed by atoms with Crippen molar-refractivity contribution in [3.63, 3.8) is 0 Å². The molecule has 0 spiro atoms. The molecule has 4 N–H and O–H groups in total. The summed E-state index contributed by atoms with van der Waals surface area (Å²) in [6.45, 7) is 2.57. The highest BCUT2D eigenvalue weighted by molar-refractivity contribution is 7.47. The molecule has 1 unspecified atom stereocenters. The lowest BCUT2D eigenvalue weighted by atomic mass is 10.1. The zero-order chi connectivity index (χ0) is 41.4. The first-order valence-electron chi connectivity index (χ1n) is 20.6. The molecule has 0 aromatic carbocycles. The van der Waals surface area contributed by atoms with Gasteiger partial charge in [-0.25, -0.2) is 4.57 Å². The number of ether oxygens (including phenoxy) is 2. The van der Waals surface area contributed by atoms with Gasteiger partial charge in [-0.1, -0.05) is 125 Å². The Morgan fingerprint density at radius 1 is 0.571 bits per heavy atom. The number of phosphoric ester groups is 1. The Labute approximate surface area is 337 Å². The van der Waals surface area contributed by atoms with Gasteiger partial charge in [-0.05, 0) is 89.9 Å². The molecule has 0 saturated heterocycles. The second-order valence-corrected chi connectivity index (χ2v) is 14.8. The highest BCUT2D eigenvalue weighted by Gasteiger charge is 2.28. The molecule has 56 heavy (non-hydrogen) atoms. The zero-order valence-electron chi connectivity index (χ0n) is 34.2. The first-order valence-corrected chi connectivity index (χ1v) is 22.1. The molecule has 0 saturated carbocycles. The van der Waals surface area contributed by atoms with E-state index in [1.165, 1.54) is 19.3 Å². The van der Waals surface area contributed by atoms with Crippen LogP contribution >= 0.6 is 7.82 Å². The van der Waals surface area contributed by atoms with Crippen molar-refractivity contribution in [3.05, 3.63) is 85.1 Å². The average molecular weight is 806 g/mol. The maximum absolute atomic E-state index is 12.6. The van der Waals surface area contributed by atoms with Crippen molar-refractivity contribution in [2.75, 3.05) is 19.8 Å². The summed E-state index contributed by atoms with van der Waals surface area (Å²) in [4.78, 5) is 45.9. The van der Waals surface area contributed by atoms with Gasteiger partial charge >= 0.3 is 25.7 Å². The van der Waals surface area contributed by atoms with Crippen molar-refractivity contribution in [1.82, 2.24) is 0 Å². The number of unbranched alkanes of at least 4 members (excludes halogenated alkanes) is 9. The van der Waals surface area contributed by atoms with Gasteiger partial charge < -0.3 is 25.2 Å². The van der Waals surface area contributed by atoms with Crippen LogP contribution in [0, 0.1) is 0 Å². The van der Waals surface area contributed by atoms with E-state index in [0.29, 0.717) is 12.8 Å². The average Bonchev–Trinajstić information content (AvgIpc) is 3.17. The van der Waals surface area contributed by atoms with Crippen LogP contribution in [0.1, 0.15) is 142 Å². The number of allylic oxidation sites excluding steroid dienone is 14. The Morgan fingerprint density at radius 3 is 1.52 bits per heavy atom. The Bertz CT molecular complexity index is 1270. The molecule has 0 rings (SSSR count). The van der Waals surface area contributed by atoms with Gasteiger partial charge in [-0.2, -0.15) is 0 Å². The molecule has 0 heterocycles. The molecule has 0 aliphatic heterocycles. The monoisotopic (exact) mass is 805 g/mol. The summed E-state index contributed by atoms with van der Waals surface area (Å²) in [5, 5.41) is 8.88. The van der Waals surface area contributed by atoms with E-state index in [0.717, 1.165) is 83.5 Å². The number of phosphoric acid groups is 1. The molecule has 0 aliphatic carbocycles. The van der Waals surface area contributed by atoms with Crippen LogP contribution in [0.3, 0.4) is 0 Å². The number of carbonyl (C=O) groups excluding carboxylic acids is 2. The van der Waals surface area contributed by atoms with Crippen molar-refractivity contribution in [2.24, 2.45) is 5.73 Å². The summed E-state index contributed by atoms with van der Waals surface area (Å²) >= 11 is 0. The van der Waals surface area contributed by atoms with Crippen molar-refractivity contribution in [3.8, 4) is 0 Å². The highest BCUT2D eigenvalue weighted by atomic mass is 31.2. The summed E-state index contributed by atoms with van der Waals surface area (Å²) in [7, 11) is -4.74. The van der Waals surface area contributed by atoms with Gasteiger partial charge in [0.1, 0.15) is 12.6 Å². The predicted molar refractivity (Wildman–Crippen MR) is 226 cm³/mol. The first-order chi connectivity index (χ1) is 27.1. The molecule has 0 aromatic heterocycles. The quantitative estimate of drug-likeness (QED) is 0.0236. The van der Waals surface area contributed by atoms with Crippen molar-refractivity contribution in [1.29, 1.82) is 0 Å². The van der Waals surface area contributed by atoms with E-state index in [4.69, 9.17) is 24.8 Å². The van der Waals surface area contributed by atoms with Crippen LogP contribution in [-0.2, 0) is 37.5 Å². The minimum atomic E-state index is -4.74. The minimum absolute atomic E-state index is 0.0987. The fourth-order valence-electron chi connectivity index (χ4n) is 4.88. The maximum Gasteiger partial charge on any atom is 0.472 e. The van der Waals surface area contributed by atoms with Gasteiger partial charge in [0.2, 0.25) is 0 Å². The SMILES string of the molecule is CC/C=C\C/C=C\C/C=C\C/C=C\CCCCC(=O)O[C@H](COC(=O)CCCCCC/C=C\C/C=C\C/C=C\CCCCC)COP(=O)(O)OC[C@H](N)C(=O)O. The number of rotatable bonds is 37. The Kier molecular flexibility index (Phi) is 36.2. The molecule has 0 aliphatic rings. The van der Waals surface area contributed by atoms with Crippen LogP contribution in [0.15, 0.2) is 85.1 Å². The topological polar surface area (TPSA) is 172 Å². The summed E-state index contributed by atoms with van der Waals surface area (Å²) in [5.74, 6) is -2.47. The Morgan fingerprint density at radius 2 is 1.00 bits per heavy atom. The summed E-state index contributed by atoms with van der Waals surface area (Å²) in [6.07, 6.45) is 46.5. The second kappa shape index (κ2) is 38.5. The van der Waals surface area contributed by atoms with Crippen molar-refractivity contribution >= 4 is 25.7 Å². The van der Waals surface area contributed by atoms with Crippen LogP contribution < -0.4 is 5.73 Å². The number of carboxylic acid groups (broad SMARTS) is 1. The number of nitrogens with two attached hydrogens (primary N) is 1. The fourth-order valence-corrected chi connectivity index (χ4v) is 5.66. The van der Waals surface area contributed by atoms with Crippen LogP contribution in [0.25, 0.3) is 0 Å².